The van der Waals surface area contributed by atoms with Crippen molar-refractivity contribution in [1.82, 2.24) is 20.2 Å². The normalized spacial score (nSPS) is 12.0. The number of pyridine rings is 2. The monoisotopic (exact) mass is 374 g/mol. The first-order chi connectivity index (χ1) is 13.5. The highest BCUT2D eigenvalue weighted by molar-refractivity contribution is 5.94. The fourth-order valence-corrected chi connectivity index (χ4v) is 3.08. The van der Waals surface area contributed by atoms with Gasteiger partial charge < -0.3 is 10.2 Å². The number of benzene rings is 1. The predicted molar refractivity (Wildman–Crippen MR) is 112 cm³/mol. The summed E-state index contributed by atoms with van der Waals surface area (Å²) in [6.45, 7) is 2.86. The lowest BCUT2D eigenvalue weighted by atomic mass is 10.1. The molecule has 0 aliphatic carbocycles. The van der Waals surface area contributed by atoms with Crippen LogP contribution in [0.5, 0.6) is 0 Å². The summed E-state index contributed by atoms with van der Waals surface area (Å²) < 4.78 is 0. The van der Waals surface area contributed by atoms with Crippen molar-refractivity contribution in [3.8, 4) is 11.3 Å². The maximum absolute atomic E-state index is 12.5. The van der Waals surface area contributed by atoms with Gasteiger partial charge in [0.1, 0.15) is 0 Å². The minimum atomic E-state index is -0.0720. The summed E-state index contributed by atoms with van der Waals surface area (Å²) in [6, 6.07) is 15.6. The zero-order valence-electron chi connectivity index (χ0n) is 16.6. The standard InChI is InChI=1S/C23H26N4O/c1-17(13-18-5-4-12-24-14-18)26-23(28)21-9-7-20(8-10-21)22-11-6-19(15-25-22)16-27(2)3/h4-12,14-15,17H,13,16H2,1-3H3,(H,26,28). The van der Waals surface area contributed by atoms with Crippen molar-refractivity contribution in [2.24, 2.45) is 0 Å². The maximum atomic E-state index is 12.5. The van der Waals surface area contributed by atoms with Gasteiger partial charge in [-0.05, 0) is 62.8 Å². The SMILES string of the molecule is CC(Cc1cccnc1)NC(=O)c1ccc(-c2ccc(CN(C)C)cn2)cc1. The molecular weight excluding hydrogens is 348 g/mol. The number of aromatic nitrogens is 2. The third-order valence-electron chi connectivity index (χ3n) is 4.41. The Morgan fingerprint density at radius 3 is 2.43 bits per heavy atom. The van der Waals surface area contributed by atoms with Crippen LogP contribution in [0.1, 0.15) is 28.4 Å². The van der Waals surface area contributed by atoms with E-state index in [0.717, 1.165) is 29.8 Å². The van der Waals surface area contributed by atoms with Crippen LogP contribution in [-0.2, 0) is 13.0 Å². The molecule has 0 fully saturated rings. The summed E-state index contributed by atoms with van der Waals surface area (Å²) in [6.07, 6.45) is 6.23. The Morgan fingerprint density at radius 1 is 1.04 bits per heavy atom. The Bertz CT molecular complexity index is 890. The third-order valence-corrected chi connectivity index (χ3v) is 4.41. The number of hydrogen-bond acceptors (Lipinski definition) is 4. The molecule has 5 heteroatoms. The second kappa shape index (κ2) is 9.24. The van der Waals surface area contributed by atoms with Gasteiger partial charge in [0.05, 0.1) is 5.69 Å². The van der Waals surface area contributed by atoms with Crippen LogP contribution in [0.25, 0.3) is 11.3 Å². The average molecular weight is 374 g/mol. The molecule has 0 bridgehead atoms. The molecule has 2 heterocycles. The summed E-state index contributed by atoms with van der Waals surface area (Å²) in [5, 5.41) is 3.04. The molecule has 0 aliphatic rings. The first-order valence-electron chi connectivity index (χ1n) is 9.41. The fraction of sp³-hybridized carbons (Fsp3) is 0.261. The van der Waals surface area contributed by atoms with Gasteiger partial charge in [0.2, 0.25) is 0 Å². The number of carbonyl (C=O) groups excluding carboxylic acids is 1. The van der Waals surface area contributed by atoms with Crippen molar-refractivity contribution < 1.29 is 4.79 Å². The molecule has 28 heavy (non-hydrogen) atoms. The second-order valence-electron chi connectivity index (χ2n) is 7.31. The Balaban J connectivity index is 1.61. The molecule has 0 aliphatic heterocycles. The number of carbonyl (C=O) groups is 1. The summed E-state index contributed by atoms with van der Waals surface area (Å²) in [5.41, 5.74) is 4.82. The molecule has 1 N–H and O–H groups in total. The average Bonchev–Trinajstić information content (AvgIpc) is 2.69. The highest BCUT2D eigenvalue weighted by atomic mass is 16.1. The van der Waals surface area contributed by atoms with E-state index in [9.17, 15) is 4.79 Å². The summed E-state index contributed by atoms with van der Waals surface area (Å²) >= 11 is 0. The maximum Gasteiger partial charge on any atom is 0.251 e. The molecular formula is C23H26N4O. The van der Waals surface area contributed by atoms with Gasteiger partial charge in [0.15, 0.2) is 0 Å². The van der Waals surface area contributed by atoms with E-state index in [-0.39, 0.29) is 11.9 Å². The first kappa shape index (κ1) is 19.7. The van der Waals surface area contributed by atoms with Crippen LogP contribution in [0, 0.1) is 0 Å². The van der Waals surface area contributed by atoms with Gasteiger partial charge >= 0.3 is 0 Å². The zero-order chi connectivity index (χ0) is 19.9. The van der Waals surface area contributed by atoms with Gasteiger partial charge in [0.25, 0.3) is 5.91 Å². The Kier molecular flexibility index (Phi) is 6.50. The van der Waals surface area contributed by atoms with Gasteiger partial charge in [-0.15, -0.1) is 0 Å². The molecule has 0 saturated heterocycles. The summed E-state index contributed by atoms with van der Waals surface area (Å²) in [4.78, 5) is 23.3. The molecule has 1 atom stereocenters. The Labute approximate surface area is 166 Å². The summed E-state index contributed by atoms with van der Waals surface area (Å²) in [5.74, 6) is -0.0720. The number of amides is 1. The highest BCUT2D eigenvalue weighted by Crippen LogP contribution is 2.18. The topological polar surface area (TPSA) is 58.1 Å². The van der Waals surface area contributed by atoms with Crippen LogP contribution in [0.4, 0.5) is 0 Å². The lowest BCUT2D eigenvalue weighted by molar-refractivity contribution is 0.0940. The Hall–Kier alpha value is -3.05. The molecule has 1 amide bonds. The molecule has 0 radical (unpaired) electrons. The summed E-state index contributed by atoms with van der Waals surface area (Å²) in [7, 11) is 4.07. The minimum absolute atomic E-state index is 0.0299. The molecule has 2 aromatic heterocycles. The van der Waals surface area contributed by atoms with Crippen LogP contribution < -0.4 is 5.32 Å². The number of nitrogens with zero attached hydrogens (tertiary/aromatic N) is 3. The van der Waals surface area contributed by atoms with Gasteiger partial charge in [-0.3, -0.25) is 14.8 Å². The van der Waals surface area contributed by atoms with Gasteiger partial charge in [-0.1, -0.05) is 24.3 Å². The van der Waals surface area contributed by atoms with Crippen LogP contribution >= 0.6 is 0 Å². The number of nitrogens with one attached hydrogen (secondary N) is 1. The van der Waals surface area contributed by atoms with Gasteiger partial charge in [0, 0.05) is 42.3 Å². The van der Waals surface area contributed by atoms with Crippen molar-refractivity contribution in [3.05, 3.63) is 83.8 Å². The Morgan fingerprint density at radius 2 is 1.82 bits per heavy atom. The van der Waals surface area contributed by atoms with Gasteiger partial charge in [-0.2, -0.15) is 0 Å². The van der Waals surface area contributed by atoms with Crippen LogP contribution in [0.2, 0.25) is 0 Å². The van der Waals surface area contributed by atoms with E-state index in [4.69, 9.17) is 0 Å². The largest absolute Gasteiger partial charge is 0.349 e. The molecule has 144 valence electrons. The van der Waals surface area contributed by atoms with Crippen molar-refractivity contribution in [2.75, 3.05) is 14.1 Å². The van der Waals surface area contributed by atoms with E-state index in [1.165, 1.54) is 5.56 Å². The van der Waals surface area contributed by atoms with Crippen LogP contribution in [0.3, 0.4) is 0 Å². The van der Waals surface area contributed by atoms with Crippen molar-refractivity contribution >= 4 is 5.91 Å². The first-order valence-corrected chi connectivity index (χ1v) is 9.41. The van der Waals surface area contributed by atoms with Crippen LogP contribution in [0.15, 0.2) is 67.1 Å². The van der Waals surface area contributed by atoms with E-state index >= 15 is 0 Å². The molecule has 1 aromatic carbocycles. The van der Waals surface area contributed by atoms with Crippen molar-refractivity contribution in [3.63, 3.8) is 0 Å². The van der Waals surface area contributed by atoms with Crippen molar-refractivity contribution in [2.45, 2.75) is 25.9 Å². The van der Waals surface area contributed by atoms with E-state index in [1.807, 2.05) is 75.9 Å². The third kappa shape index (κ3) is 5.47. The zero-order valence-corrected chi connectivity index (χ0v) is 16.6. The predicted octanol–water partition coefficient (Wildman–Crippen LogP) is 3.57. The van der Waals surface area contributed by atoms with E-state index < -0.39 is 0 Å². The molecule has 3 rings (SSSR count). The fourth-order valence-electron chi connectivity index (χ4n) is 3.08. The molecule has 1 unspecified atom stereocenters. The van der Waals surface area contributed by atoms with Crippen LogP contribution in [-0.4, -0.2) is 40.9 Å². The molecule has 0 spiro atoms. The van der Waals surface area contributed by atoms with Crippen molar-refractivity contribution in [1.29, 1.82) is 0 Å². The van der Waals surface area contributed by atoms with Gasteiger partial charge in [-0.25, -0.2) is 0 Å². The quantitative estimate of drug-likeness (QED) is 0.687. The lowest BCUT2D eigenvalue weighted by Gasteiger charge is -2.14. The minimum Gasteiger partial charge on any atom is -0.349 e. The molecule has 0 saturated carbocycles. The number of hydrogen-bond donors (Lipinski definition) is 1. The molecule has 3 aromatic rings. The lowest BCUT2D eigenvalue weighted by Crippen LogP contribution is -2.34. The van der Waals surface area contributed by atoms with E-state index in [1.54, 1.807) is 6.20 Å². The van der Waals surface area contributed by atoms with E-state index in [2.05, 4.69) is 26.3 Å². The smallest absolute Gasteiger partial charge is 0.251 e. The second-order valence-corrected chi connectivity index (χ2v) is 7.31. The number of rotatable bonds is 7. The molecule has 5 nitrogen and oxygen atoms in total. The highest BCUT2D eigenvalue weighted by Gasteiger charge is 2.11. The van der Waals surface area contributed by atoms with E-state index in [0.29, 0.717) is 5.56 Å².